The van der Waals surface area contributed by atoms with E-state index in [9.17, 15) is 22.8 Å². The number of halogens is 3. The van der Waals surface area contributed by atoms with Crippen molar-refractivity contribution in [3.63, 3.8) is 0 Å². The number of hydrogen-bond acceptors (Lipinski definition) is 4. The van der Waals surface area contributed by atoms with E-state index in [0.29, 0.717) is 11.4 Å². The number of rotatable bonds is 3. The maximum Gasteiger partial charge on any atom is 0.416 e. The third kappa shape index (κ3) is 5.34. The first-order valence-corrected chi connectivity index (χ1v) is 10.3. The van der Waals surface area contributed by atoms with Crippen molar-refractivity contribution >= 4 is 36.7 Å². The molecule has 0 saturated carbocycles. The van der Waals surface area contributed by atoms with Crippen molar-refractivity contribution in [1.82, 2.24) is 14.8 Å². The Hall–Kier alpha value is -3.34. The summed E-state index contributed by atoms with van der Waals surface area (Å²) < 4.78 is 40.9. The lowest BCUT2D eigenvalue weighted by Gasteiger charge is -2.32. The first-order valence-electron chi connectivity index (χ1n) is 10.3. The molecule has 3 aromatic rings. The molecule has 1 aliphatic rings. The number of nitrogens with one attached hydrogen (secondary N) is 1. The smallest absolute Gasteiger partial charge is 0.322 e. The Kier molecular flexibility index (Phi) is 8.06. The summed E-state index contributed by atoms with van der Waals surface area (Å²) in [7, 11) is 0. The molecule has 188 valence electrons. The van der Waals surface area contributed by atoms with E-state index in [2.05, 4.69) is 15.4 Å². The fourth-order valence-electron chi connectivity index (χ4n) is 4.09. The van der Waals surface area contributed by atoms with Crippen molar-refractivity contribution in [2.24, 2.45) is 0 Å². The van der Waals surface area contributed by atoms with Crippen LogP contribution < -0.4 is 10.2 Å². The van der Waals surface area contributed by atoms with Crippen LogP contribution in [0, 0.1) is 20.8 Å². The van der Waals surface area contributed by atoms with Crippen molar-refractivity contribution in [2.45, 2.75) is 47.3 Å². The van der Waals surface area contributed by atoms with Gasteiger partial charge in [-0.25, -0.2) is 0 Å². The number of nitrogens with zero attached hydrogens (tertiary/aromatic N) is 4. The van der Waals surface area contributed by atoms with Crippen LogP contribution in [0.5, 0.6) is 0 Å². The molecule has 3 heterocycles. The molecule has 1 aromatic carbocycles. The predicted molar refractivity (Wildman–Crippen MR) is 134 cm³/mol. The van der Waals surface area contributed by atoms with Crippen LogP contribution >= 0.6 is 13.5 Å². The largest absolute Gasteiger partial charge is 0.416 e. The van der Waals surface area contributed by atoms with E-state index in [1.807, 2.05) is 6.92 Å². The zero-order chi connectivity index (χ0) is 24.1. The molecule has 2 aromatic heterocycles. The Morgan fingerprint density at radius 1 is 1.11 bits per heavy atom. The number of anilines is 2. The number of carbonyl (C=O) groups is 2. The van der Waals surface area contributed by atoms with Gasteiger partial charge >= 0.3 is 6.18 Å². The molecule has 35 heavy (non-hydrogen) atoms. The summed E-state index contributed by atoms with van der Waals surface area (Å²) in [6.45, 7) is 7.00. The van der Waals surface area contributed by atoms with Crippen LogP contribution in [0.1, 0.15) is 63.8 Å². The molecule has 7 nitrogen and oxygen atoms in total. The van der Waals surface area contributed by atoms with Gasteiger partial charge in [-0.05, 0) is 63.6 Å². The van der Waals surface area contributed by atoms with E-state index in [1.54, 1.807) is 26.0 Å². The van der Waals surface area contributed by atoms with E-state index in [4.69, 9.17) is 0 Å². The van der Waals surface area contributed by atoms with Crippen molar-refractivity contribution in [1.29, 1.82) is 0 Å². The number of benzene rings is 1. The molecule has 0 unspecified atom stereocenters. The maximum absolute atomic E-state index is 13.4. The fraction of sp³-hybridized carbons (Fsp3) is 0.333. The van der Waals surface area contributed by atoms with Gasteiger partial charge in [0.05, 0.1) is 23.4 Å². The minimum absolute atomic E-state index is 0. The number of fused-ring (bicyclic) bond motifs is 1. The highest BCUT2D eigenvalue weighted by Crippen LogP contribution is 2.35. The maximum atomic E-state index is 13.4. The summed E-state index contributed by atoms with van der Waals surface area (Å²) in [4.78, 5) is 32.0. The average molecular weight is 508 g/mol. The van der Waals surface area contributed by atoms with E-state index in [0.717, 1.165) is 17.5 Å². The van der Waals surface area contributed by atoms with Gasteiger partial charge in [0.2, 0.25) is 0 Å². The molecule has 2 amide bonds. The number of alkyl halides is 3. The van der Waals surface area contributed by atoms with Crippen LogP contribution in [0.3, 0.4) is 0 Å². The first kappa shape index (κ1) is 27.9. The second kappa shape index (κ2) is 10.1. The lowest BCUT2D eigenvalue weighted by Crippen LogP contribution is -2.43. The summed E-state index contributed by atoms with van der Waals surface area (Å²) in [5.41, 5.74) is 1.77. The van der Waals surface area contributed by atoms with E-state index >= 15 is 0 Å². The third-order valence-electron chi connectivity index (χ3n) is 5.52. The fourth-order valence-corrected chi connectivity index (χ4v) is 4.09. The van der Waals surface area contributed by atoms with Crippen molar-refractivity contribution in [3.05, 3.63) is 70.3 Å². The standard InChI is InChI=1S/C23H22F3N5O2.CH4.H2S/c1-12-7-17(5-6-19(12)23(24,25)26)30-11-15(4)31-20(22(30)33)18(10-27-31)21(32)29-16-8-13(2)28-14(3)9-16;;/h5-10,15H,11H2,1-4H3,(H,28,29,32);1H4;1H2/t15-;;/m0../s1. The summed E-state index contributed by atoms with van der Waals surface area (Å²) in [5.74, 6) is -1.01. The summed E-state index contributed by atoms with van der Waals surface area (Å²) in [5, 5.41) is 7.00. The molecule has 1 aliphatic heterocycles. The Balaban J connectivity index is 0.00000216. The van der Waals surface area contributed by atoms with Crippen LogP contribution in [-0.4, -0.2) is 33.1 Å². The molecule has 0 bridgehead atoms. The zero-order valence-corrected chi connectivity index (χ0v) is 20.0. The van der Waals surface area contributed by atoms with Crippen molar-refractivity contribution < 1.29 is 22.8 Å². The highest BCUT2D eigenvalue weighted by Gasteiger charge is 2.37. The van der Waals surface area contributed by atoms with Crippen LogP contribution in [0.2, 0.25) is 0 Å². The first-order chi connectivity index (χ1) is 15.5. The lowest BCUT2D eigenvalue weighted by atomic mass is 10.0. The van der Waals surface area contributed by atoms with Gasteiger partial charge in [0.1, 0.15) is 5.69 Å². The molecule has 1 atom stereocenters. The number of pyridine rings is 1. The molecule has 1 N–H and O–H groups in total. The number of carbonyl (C=O) groups excluding carboxylic acids is 2. The third-order valence-corrected chi connectivity index (χ3v) is 5.52. The summed E-state index contributed by atoms with van der Waals surface area (Å²) in [6, 6.07) is 6.71. The molecule has 0 spiro atoms. The predicted octanol–water partition coefficient (Wildman–Crippen LogP) is 5.44. The van der Waals surface area contributed by atoms with Gasteiger partial charge in [0, 0.05) is 29.3 Å². The number of aryl methyl sites for hydroxylation is 3. The highest BCUT2D eigenvalue weighted by molar-refractivity contribution is 7.59. The Morgan fingerprint density at radius 3 is 2.31 bits per heavy atom. The molecular formula is C24H28F3N5O2S. The van der Waals surface area contributed by atoms with Crippen molar-refractivity contribution in [3.8, 4) is 0 Å². The summed E-state index contributed by atoms with van der Waals surface area (Å²) >= 11 is 0. The minimum Gasteiger partial charge on any atom is -0.322 e. The minimum atomic E-state index is -4.48. The molecule has 4 rings (SSSR count). The van der Waals surface area contributed by atoms with E-state index in [-0.39, 0.29) is 50.3 Å². The normalized spacial score (nSPS) is 15.1. The van der Waals surface area contributed by atoms with Gasteiger partial charge in [0.15, 0.2) is 0 Å². The van der Waals surface area contributed by atoms with Crippen LogP contribution in [0.15, 0.2) is 36.5 Å². The SMILES string of the molecule is C.Cc1cc(NC(=O)c2cnn3c2C(=O)N(c2ccc(C(F)(F)F)c(C)c2)C[C@@H]3C)cc(C)n1.S. The second-order valence-electron chi connectivity index (χ2n) is 8.21. The zero-order valence-electron chi connectivity index (χ0n) is 19.0. The molecule has 0 aliphatic carbocycles. The number of amides is 2. The highest BCUT2D eigenvalue weighted by atomic mass is 32.1. The molecule has 11 heteroatoms. The number of aromatic nitrogens is 3. The molecular weight excluding hydrogens is 479 g/mol. The Morgan fingerprint density at radius 2 is 1.74 bits per heavy atom. The van der Waals surface area contributed by atoms with Crippen molar-refractivity contribution in [2.75, 3.05) is 16.8 Å². The molecule has 0 radical (unpaired) electrons. The van der Waals surface area contributed by atoms with Crippen LogP contribution in [0.4, 0.5) is 24.5 Å². The van der Waals surface area contributed by atoms with Gasteiger partial charge < -0.3 is 10.2 Å². The molecule has 0 saturated heterocycles. The van der Waals surface area contributed by atoms with Gasteiger partial charge in [0.25, 0.3) is 11.8 Å². The average Bonchev–Trinajstić information content (AvgIpc) is 3.15. The monoisotopic (exact) mass is 507 g/mol. The molecule has 0 fully saturated rings. The quantitative estimate of drug-likeness (QED) is 0.512. The van der Waals surface area contributed by atoms with Gasteiger partial charge in [-0.3, -0.25) is 19.3 Å². The topological polar surface area (TPSA) is 80.1 Å². The Bertz CT molecular complexity index is 1250. The second-order valence-corrected chi connectivity index (χ2v) is 8.21. The number of hydrogen-bond donors (Lipinski definition) is 1. The van der Waals surface area contributed by atoms with E-state index < -0.39 is 23.6 Å². The van der Waals surface area contributed by atoms with Gasteiger partial charge in [-0.2, -0.15) is 31.8 Å². The van der Waals surface area contributed by atoms with Gasteiger partial charge in [-0.15, -0.1) is 0 Å². The van der Waals surface area contributed by atoms with Crippen LogP contribution in [-0.2, 0) is 6.18 Å². The lowest BCUT2D eigenvalue weighted by molar-refractivity contribution is -0.138. The Labute approximate surface area is 208 Å². The van der Waals surface area contributed by atoms with Crippen LogP contribution in [0.25, 0.3) is 0 Å². The summed E-state index contributed by atoms with van der Waals surface area (Å²) in [6.07, 6.45) is -3.14. The van der Waals surface area contributed by atoms with E-state index in [1.165, 1.54) is 34.8 Å². The van der Waals surface area contributed by atoms with Gasteiger partial charge in [-0.1, -0.05) is 7.43 Å².